The number of amides is 1. The van der Waals surface area contributed by atoms with Gasteiger partial charge in [0.15, 0.2) is 0 Å². The molecule has 1 rings (SSSR count). The van der Waals surface area contributed by atoms with Crippen LogP contribution in [-0.2, 0) is 0 Å². The van der Waals surface area contributed by atoms with E-state index in [9.17, 15) is 4.79 Å². The Labute approximate surface area is 94.3 Å². The summed E-state index contributed by atoms with van der Waals surface area (Å²) in [7, 11) is 0. The first kappa shape index (κ1) is 12.2. The number of hydrogen-bond acceptors (Lipinski definition) is 3. The van der Waals surface area contributed by atoms with Gasteiger partial charge in [0, 0.05) is 13.1 Å². The van der Waals surface area contributed by atoms with Crippen molar-refractivity contribution in [3.05, 3.63) is 21.9 Å². The predicted octanol–water partition coefficient (Wildman–Crippen LogP) is 1.90. The lowest BCUT2D eigenvalue weighted by atomic mass is 10.2. The van der Waals surface area contributed by atoms with E-state index in [1.54, 1.807) is 4.90 Å². The summed E-state index contributed by atoms with van der Waals surface area (Å²) in [6.07, 6.45) is 0.913. The number of aliphatic hydroxyl groups is 1. The molecule has 0 aliphatic rings. The molecule has 0 bridgehead atoms. The topological polar surface area (TPSA) is 40.5 Å². The monoisotopic (exact) mass is 227 g/mol. The molecule has 0 atom stereocenters. The van der Waals surface area contributed by atoms with Gasteiger partial charge in [-0.3, -0.25) is 4.79 Å². The van der Waals surface area contributed by atoms with Crippen molar-refractivity contribution in [3.63, 3.8) is 0 Å². The first-order chi connectivity index (χ1) is 7.20. The van der Waals surface area contributed by atoms with Crippen molar-refractivity contribution in [2.75, 3.05) is 19.7 Å². The molecular weight excluding hydrogens is 210 g/mol. The number of carbonyl (C=O) groups excluding carboxylic acids is 1. The molecule has 0 aromatic carbocycles. The highest BCUT2D eigenvalue weighted by atomic mass is 32.1. The Morgan fingerprint density at radius 2 is 2.27 bits per heavy atom. The van der Waals surface area contributed by atoms with E-state index >= 15 is 0 Å². The van der Waals surface area contributed by atoms with Crippen molar-refractivity contribution in [1.82, 2.24) is 4.90 Å². The highest BCUT2D eigenvalue weighted by molar-refractivity contribution is 7.12. The molecule has 1 heterocycles. The third-order valence-corrected chi connectivity index (χ3v) is 3.21. The molecule has 1 N–H and O–H groups in total. The fourth-order valence-corrected chi connectivity index (χ4v) is 2.33. The summed E-state index contributed by atoms with van der Waals surface area (Å²) in [6, 6.07) is 1.95. The second-order valence-corrected chi connectivity index (χ2v) is 4.36. The Morgan fingerprint density at radius 3 is 2.73 bits per heavy atom. The largest absolute Gasteiger partial charge is 0.395 e. The molecule has 3 nitrogen and oxygen atoms in total. The number of rotatable bonds is 5. The van der Waals surface area contributed by atoms with E-state index in [2.05, 4.69) is 0 Å². The second-order valence-electron chi connectivity index (χ2n) is 3.45. The molecule has 4 heteroatoms. The Hall–Kier alpha value is -0.870. The minimum Gasteiger partial charge on any atom is -0.395 e. The zero-order valence-corrected chi connectivity index (χ0v) is 10.0. The third-order valence-electron chi connectivity index (χ3n) is 2.21. The van der Waals surface area contributed by atoms with Crippen LogP contribution in [0.4, 0.5) is 0 Å². The molecule has 0 spiro atoms. The lowest BCUT2D eigenvalue weighted by Gasteiger charge is -2.20. The summed E-state index contributed by atoms with van der Waals surface area (Å²) in [5.41, 5.74) is 1.02. The zero-order chi connectivity index (χ0) is 11.3. The Bertz CT molecular complexity index is 316. The van der Waals surface area contributed by atoms with E-state index < -0.39 is 0 Å². The normalized spacial score (nSPS) is 10.3. The Kier molecular flexibility index (Phi) is 4.78. The van der Waals surface area contributed by atoms with Gasteiger partial charge in [0.05, 0.1) is 11.5 Å². The number of aryl methyl sites for hydroxylation is 1. The van der Waals surface area contributed by atoms with Gasteiger partial charge in [-0.1, -0.05) is 6.92 Å². The van der Waals surface area contributed by atoms with Gasteiger partial charge >= 0.3 is 0 Å². The smallest absolute Gasteiger partial charge is 0.264 e. The number of hydrogen-bond donors (Lipinski definition) is 1. The van der Waals surface area contributed by atoms with E-state index in [1.807, 2.05) is 25.3 Å². The first-order valence-electron chi connectivity index (χ1n) is 5.15. The van der Waals surface area contributed by atoms with Crippen LogP contribution in [0.25, 0.3) is 0 Å². The number of carbonyl (C=O) groups is 1. The van der Waals surface area contributed by atoms with Crippen LogP contribution in [0.3, 0.4) is 0 Å². The van der Waals surface area contributed by atoms with Gasteiger partial charge < -0.3 is 10.0 Å². The van der Waals surface area contributed by atoms with Crippen molar-refractivity contribution in [2.24, 2.45) is 0 Å². The van der Waals surface area contributed by atoms with E-state index in [0.29, 0.717) is 13.1 Å². The van der Waals surface area contributed by atoms with Crippen LogP contribution in [0, 0.1) is 6.92 Å². The molecule has 0 aliphatic carbocycles. The van der Waals surface area contributed by atoms with Crippen LogP contribution in [0.1, 0.15) is 28.6 Å². The standard InChI is InChI=1S/C11H17NO2S/c1-3-5-12(6-7-13)11(14)10-9(2)4-8-15-10/h4,8,13H,3,5-7H2,1-2H3. The highest BCUT2D eigenvalue weighted by Gasteiger charge is 2.17. The van der Waals surface area contributed by atoms with Crippen molar-refractivity contribution < 1.29 is 9.90 Å². The molecule has 0 fully saturated rings. The number of thiophene rings is 1. The summed E-state index contributed by atoms with van der Waals surface area (Å²) in [5.74, 6) is 0.0402. The lowest BCUT2D eigenvalue weighted by molar-refractivity contribution is 0.0726. The molecular formula is C11H17NO2S. The van der Waals surface area contributed by atoms with Gasteiger partial charge in [-0.25, -0.2) is 0 Å². The van der Waals surface area contributed by atoms with Gasteiger partial charge in [0.1, 0.15) is 0 Å². The van der Waals surface area contributed by atoms with E-state index in [0.717, 1.165) is 16.9 Å². The van der Waals surface area contributed by atoms with Gasteiger partial charge in [-0.2, -0.15) is 0 Å². The molecule has 1 amide bonds. The highest BCUT2D eigenvalue weighted by Crippen LogP contribution is 2.17. The molecule has 0 unspecified atom stereocenters. The Balaban J connectivity index is 2.76. The van der Waals surface area contributed by atoms with Crippen molar-refractivity contribution in [2.45, 2.75) is 20.3 Å². The molecule has 0 aliphatic heterocycles. The molecule has 1 aromatic rings. The van der Waals surface area contributed by atoms with Crippen LogP contribution in [0.2, 0.25) is 0 Å². The van der Waals surface area contributed by atoms with Crippen LogP contribution in [-0.4, -0.2) is 35.6 Å². The molecule has 0 radical (unpaired) electrons. The Morgan fingerprint density at radius 1 is 1.53 bits per heavy atom. The molecule has 15 heavy (non-hydrogen) atoms. The first-order valence-corrected chi connectivity index (χ1v) is 6.03. The fourth-order valence-electron chi connectivity index (χ4n) is 1.44. The number of aliphatic hydroxyl groups excluding tert-OH is 1. The van der Waals surface area contributed by atoms with Crippen LogP contribution in [0.15, 0.2) is 11.4 Å². The summed E-state index contributed by atoms with van der Waals surface area (Å²) >= 11 is 1.46. The maximum Gasteiger partial charge on any atom is 0.264 e. The van der Waals surface area contributed by atoms with Crippen molar-refractivity contribution in [1.29, 1.82) is 0 Å². The summed E-state index contributed by atoms with van der Waals surface area (Å²) in [5, 5.41) is 10.8. The zero-order valence-electron chi connectivity index (χ0n) is 9.19. The average molecular weight is 227 g/mol. The molecule has 0 saturated carbocycles. The second kappa shape index (κ2) is 5.88. The average Bonchev–Trinajstić information content (AvgIpc) is 2.63. The maximum atomic E-state index is 12.0. The fraction of sp³-hybridized carbons (Fsp3) is 0.545. The van der Waals surface area contributed by atoms with Crippen LogP contribution in [0.5, 0.6) is 0 Å². The van der Waals surface area contributed by atoms with Gasteiger partial charge in [-0.05, 0) is 30.4 Å². The van der Waals surface area contributed by atoms with Crippen molar-refractivity contribution >= 4 is 17.2 Å². The van der Waals surface area contributed by atoms with Crippen LogP contribution < -0.4 is 0 Å². The molecule has 84 valence electrons. The minimum atomic E-state index is 0.0240. The minimum absolute atomic E-state index is 0.0240. The summed E-state index contributed by atoms with van der Waals surface area (Å²) in [4.78, 5) is 14.5. The quantitative estimate of drug-likeness (QED) is 0.834. The third kappa shape index (κ3) is 3.04. The summed E-state index contributed by atoms with van der Waals surface area (Å²) in [6.45, 7) is 5.11. The van der Waals surface area contributed by atoms with Gasteiger partial charge in [0.2, 0.25) is 0 Å². The van der Waals surface area contributed by atoms with Crippen molar-refractivity contribution in [3.8, 4) is 0 Å². The SMILES string of the molecule is CCCN(CCO)C(=O)c1sccc1C. The van der Waals surface area contributed by atoms with E-state index in [1.165, 1.54) is 11.3 Å². The number of nitrogens with zero attached hydrogens (tertiary/aromatic N) is 1. The predicted molar refractivity (Wildman–Crippen MR) is 62.3 cm³/mol. The lowest BCUT2D eigenvalue weighted by Crippen LogP contribution is -2.34. The summed E-state index contributed by atoms with van der Waals surface area (Å²) < 4.78 is 0. The van der Waals surface area contributed by atoms with Gasteiger partial charge in [-0.15, -0.1) is 11.3 Å². The molecule has 0 saturated heterocycles. The van der Waals surface area contributed by atoms with Gasteiger partial charge in [0.25, 0.3) is 5.91 Å². The van der Waals surface area contributed by atoms with E-state index in [-0.39, 0.29) is 12.5 Å². The molecule has 1 aromatic heterocycles. The van der Waals surface area contributed by atoms with Crippen LogP contribution >= 0.6 is 11.3 Å². The van der Waals surface area contributed by atoms with E-state index in [4.69, 9.17) is 5.11 Å². The maximum absolute atomic E-state index is 12.0.